The molecule has 1 unspecified atom stereocenters. The molecular formula is C33H28N8O3. The molecular weight excluding hydrogens is 556 g/mol. The molecule has 218 valence electrons. The zero-order chi connectivity index (χ0) is 30.4. The first-order valence-electron chi connectivity index (χ1n) is 14.2. The van der Waals surface area contributed by atoms with Crippen molar-refractivity contribution in [3.05, 3.63) is 112 Å². The molecule has 11 heteroatoms. The van der Waals surface area contributed by atoms with Crippen LogP contribution in [0.15, 0.2) is 78.0 Å². The quantitative estimate of drug-likeness (QED) is 0.296. The number of anilines is 1. The summed E-state index contributed by atoms with van der Waals surface area (Å²) in [6.45, 7) is 2.71. The van der Waals surface area contributed by atoms with Gasteiger partial charge in [0.05, 0.1) is 41.7 Å². The molecule has 11 nitrogen and oxygen atoms in total. The monoisotopic (exact) mass is 584 g/mol. The van der Waals surface area contributed by atoms with E-state index in [0.29, 0.717) is 39.1 Å². The minimum atomic E-state index is -0.617. The number of carbonyl (C=O) groups excluding carboxylic acids is 1. The maximum atomic E-state index is 14.4. The molecule has 1 aliphatic heterocycles. The van der Waals surface area contributed by atoms with Gasteiger partial charge in [-0.2, -0.15) is 5.10 Å². The van der Waals surface area contributed by atoms with Gasteiger partial charge in [0, 0.05) is 36.3 Å². The zero-order valence-electron chi connectivity index (χ0n) is 24.1. The average Bonchev–Trinajstić information content (AvgIpc) is 3.74. The number of fused-ring (bicyclic) bond motifs is 3. The summed E-state index contributed by atoms with van der Waals surface area (Å²) in [5, 5.41) is 12.8. The van der Waals surface area contributed by atoms with Crippen molar-refractivity contribution in [2.75, 3.05) is 12.8 Å². The number of nitrogen functional groups attached to an aromatic ring is 1. The van der Waals surface area contributed by atoms with Gasteiger partial charge in [0.2, 0.25) is 0 Å². The molecule has 5 heterocycles. The minimum Gasteiger partial charge on any atom is -0.497 e. The molecule has 0 radical (unpaired) electrons. The average molecular weight is 585 g/mol. The first-order valence-corrected chi connectivity index (χ1v) is 14.2. The van der Waals surface area contributed by atoms with Crippen molar-refractivity contribution in [2.45, 2.75) is 32.4 Å². The molecule has 4 aromatic heterocycles. The molecule has 0 saturated carbocycles. The molecule has 0 aliphatic carbocycles. The van der Waals surface area contributed by atoms with Crippen LogP contribution in [0, 0.1) is 11.8 Å². The van der Waals surface area contributed by atoms with Crippen LogP contribution in [0.1, 0.15) is 52.3 Å². The number of rotatable bonds is 5. The summed E-state index contributed by atoms with van der Waals surface area (Å²) in [6, 6.07) is 15.8. The number of pyridine rings is 1. The van der Waals surface area contributed by atoms with Crippen molar-refractivity contribution < 1.29 is 9.53 Å². The number of carbonyl (C=O) groups is 1. The van der Waals surface area contributed by atoms with Crippen molar-refractivity contribution >= 4 is 28.1 Å². The van der Waals surface area contributed by atoms with E-state index in [-0.39, 0.29) is 16.9 Å². The van der Waals surface area contributed by atoms with Crippen LogP contribution in [-0.2, 0) is 13.0 Å². The molecule has 3 N–H and O–H groups in total. The van der Waals surface area contributed by atoms with Crippen LogP contribution < -0.4 is 21.3 Å². The number of hydrogen-bond donors (Lipinski definition) is 2. The standard InChI is InChI=1S/C33H28N8O3/c1-20(37-32(42)29-30(34)38-40-16-6-14-35-31(29)40)27-17-22-8-3-7-21(12-13-23-19-36-39-15-5-11-26(23)39)28(22)33(43)41(27)24-9-4-10-25(18-24)44-2/h3-4,6-10,14,16-20H,5,11,15H2,1-2H3,(H2,34,38)(H,37,42). The van der Waals surface area contributed by atoms with Crippen LogP contribution >= 0.6 is 0 Å². The number of aryl methyl sites for hydroxylation is 1. The van der Waals surface area contributed by atoms with Crippen molar-refractivity contribution in [1.82, 2.24) is 34.3 Å². The minimum absolute atomic E-state index is 0.0596. The summed E-state index contributed by atoms with van der Waals surface area (Å²) in [7, 11) is 1.57. The van der Waals surface area contributed by atoms with Crippen LogP contribution in [0.25, 0.3) is 22.1 Å². The van der Waals surface area contributed by atoms with Gasteiger partial charge < -0.3 is 15.8 Å². The molecule has 0 spiro atoms. The highest BCUT2D eigenvalue weighted by Crippen LogP contribution is 2.26. The third-order valence-electron chi connectivity index (χ3n) is 7.89. The maximum absolute atomic E-state index is 14.4. The second-order valence-corrected chi connectivity index (χ2v) is 10.6. The number of nitrogens with zero attached hydrogens (tertiary/aromatic N) is 6. The molecule has 1 amide bonds. The lowest BCUT2D eigenvalue weighted by Gasteiger charge is -2.21. The van der Waals surface area contributed by atoms with Gasteiger partial charge in [-0.3, -0.25) is 18.8 Å². The Hall–Kier alpha value is -5.89. The fourth-order valence-electron chi connectivity index (χ4n) is 5.79. The summed E-state index contributed by atoms with van der Waals surface area (Å²) >= 11 is 0. The van der Waals surface area contributed by atoms with Crippen molar-refractivity contribution in [2.24, 2.45) is 0 Å². The predicted octanol–water partition coefficient (Wildman–Crippen LogP) is 3.66. The van der Waals surface area contributed by atoms with E-state index in [2.05, 4.69) is 32.3 Å². The van der Waals surface area contributed by atoms with E-state index in [0.717, 1.165) is 30.6 Å². The Morgan fingerprint density at radius 3 is 2.82 bits per heavy atom. The lowest BCUT2D eigenvalue weighted by molar-refractivity contribution is 0.0941. The van der Waals surface area contributed by atoms with Gasteiger partial charge in [-0.05, 0) is 55.5 Å². The van der Waals surface area contributed by atoms with Crippen LogP contribution in [-0.4, -0.2) is 42.0 Å². The van der Waals surface area contributed by atoms with Gasteiger partial charge in [0.1, 0.15) is 11.3 Å². The smallest absolute Gasteiger partial charge is 0.264 e. The first-order chi connectivity index (χ1) is 21.4. The molecule has 6 aromatic rings. The van der Waals surface area contributed by atoms with E-state index < -0.39 is 11.9 Å². The fourth-order valence-corrected chi connectivity index (χ4v) is 5.79. The second kappa shape index (κ2) is 10.7. The van der Waals surface area contributed by atoms with Gasteiger partial charge >= 0.3 is 0 Å². The van der Waals surface area contributed by atoms with E-state index in [9.17, 15) is 9.59 Å². The van der Waals surface area contributed by atoms with Crippen LogP contribution in [0.3, 0.4) is 0 Å². The summed E-state index contributed by atoms with van der Waals surface area (Å²) in [6.07, 6.45) is 7.02. The normalized spacial score (nSPS) is 13.0. The topological polar surface area (TPSA) is 134 Å². The SMILES string of the molecule is COc1cccc(-n2c(C(C)NC(=O)c3c(N)nn4cccnc34)cc3cccc(C#Cc4cnn5c4CCC5)c3c2=O)c1. The number of hydrogen-bond acceptors (Lipinski definition) is 7. The van der Waals surface area contributed by atoms with Gasteiger partial charge in [-0.25, -0.2) is 9.50 Å². The summed E-state index contributed by atoms with van der Waals surface area (Å²) in [4.78, 5) is 32.3. The Bertz CT molecular complexity index is 2220. The van der Waals surface area contributed by atoms with E-state index in [4.69, 9.17) is 10.5 Å². The molecule has 0 saturated heterocycles. The van der Waals surface area contributed by atoms with Crippen molar-refractivity contribution in [3.63, 3.8) is 0 Å². The van der Waals surface area contributed by atoms with Gasteiger partial charge in [-0.15, -0.1) is 5.10 Å². The third-order valence-corrected chi connectivity index (χ3v) is 7.89. The maximum Gasteiger partial charge on any atom is 0.264 e. The van der Waals surface area contributed by atoms with Gasteiger partial charge in [0.15, 0.2) is 11.5 Å². The molecule has 2 aromatic carbocycles. The second-order valence-electron chi connectivity index (χ2n) is 10.6. The Labute approximate surface area is 251 Å². The van der Waals surface area contributed by atoms with Crippen LogP contribution in [0.4, 0.5) is 5.82 Å². The summed E-state index contributed by atoms with van der Waals surface area (Å²) in [5.74, 6) is 6.69. The molecule has 7 rings (SSSR count). The van der Waals surface area contributed by atoms with Crippen LogP contribution in [0.2, 0.25) is 0 Å². The summed E-state index contributed by atoms with van der Waals surface area (Å²) < 4.78 is 10.5. The largest absolute Gasteiger partial charge is 0.497 e. The molecule has 1 atom stereocenters. The predicted molar refractivity (Wildman–Crippen MR) is 166 cm³/mol. The highest BCUT2D eigenvalue weighted by atomic mass is 16.5. The van der Waals surface area contributed by atoms with Crippen LogP contribution in [0.5, 0.6) is 5.75 Å². The Morgan fingerprint density at radius 2 is 1.95 bits per heavy atom. The van der Waals surface area contributed by atoms with E-state index in [1.807, 2.05) is 54.1 Å². The van der Waals surface area contributed by atoms with Gasteiger partial charge in [-0.1, -0.05) is 30.0 Å². The molecule has 0 fully saturated rings. The number of nitrogens with one attached hydrogen (secondary N) is 1. The van der Waals surface area contributed by atoms with Crippen molar-refractivity contribution in [1.29, 1.82) is 0 Å². The number of nitrogens with two attached hydrogens (primary N) is 1. The summed E-state index contributed by atoms with van der Waals surface area (Å²) in [5.41, 5.74) is 10.1. The molecule has 1 aliphatic rings. The number of amides is 1. The van der Waals surface area contributed by atoms with Gasteiger partial charge in [0.25, 0.3) is 11.5 Å². The number of benzene rings is 2. The van der Waals surface area contributed by atoms with E-state index in [1.54, 1.807) is 42.4 Å². The molecule has 44 heavy (non-hydrogen) atoms. The third kappa shape index (κ3) is 4.53. The Balaban J connectivity index is 1.36. The highest BCUT2D eigenvalue weighted by molar-refractivity contribution is 6.04. The highest BCUT2D eigenvalue weighted by Gasteiger charge is 2.24. The lowest BCUT2D eigenvalue weighted by atomic mass is 10.0. The molecule has 0 bridgehead atoms. The Morgan fingerprint density at radius 1 is 1.11 bits per heavy atom. The van der Waals surface area contributed by atoms with E-state index >= 15 is 0 Å². The van der Waals surface area contributed by atoms with Crippen molar-refractivity contribution in [3.8, 4) is 23.3 Å². The fraction of sp³-hybridized carbons (Fsp3) is 0.182. The zero-order valence-corrected chi connectivity index (χ0v) is 24.1. The van der Waals surface area contributed by atoms with E-state index in [1.165, 1.54) is 4.52 Å². The number of methoxy groups -OCH3 is 1. The first kappa shape index (κ1) is 27.0. The number of ether oxygens (including phenoxy) is 1. The lowest BCUT2D eigenvalue weighted by Crippen LogP contribution is -2.32. The number of aromatic nitrogens is 6. The Kier molecular flexibility index (Phi) is 6.59.